The summed E-state index contributed by atoms with van der Waals surface area (Å²) >= 11 is 0. The maximum absolute atomic E-state index is 12.4. The highest BCUT2D eigenvalue weighted by molar-refractivity contribution is 5.93. The van der Waals surface area contributed by atoms with Crippen LogP contribution in [0.4, 0.5) is 0 Å². The van der Waals surface area contributed by atoms with E-state index in [4.69, 9.17) is 0 Å². The van der Waals surface area contributed by atoms with Crippen LogP contribution in [-0.4, -0.2) is 30.2 Å². The maximum atomic E-state index is 12.4. The van der Waals surface area contributed by atoms with Gasteiger partial charge < -0.3 is 9.72 Å². The number of hydrogen-bond donors (Lipinski definition) is 1. The Balaban J connectivity index is 1.62. The molecule has 3 aromatic heterocycles. The average Bonchev–Trinajstić information content (AvgIpc) is 3.12. The van der Waals surface area contributed by atoms with Crippen LogP contribution in [0.3, 0.4) is 0 Å². The zero-order valence-electron chi connectivity index (χ0n) is 14.1. The standard InChI is InChI=1S/C19H16N6O/c1-13-2-4-14(5-3-13)17-18-24-16(12-25(18)9-8-22-17)19(26)23-11-15-10-20-6-7-21-15/h2-10,12H,11H2,1H3,(H,23,26). The molecule has 0 radical (unpaired) electrons. The minimum absolute atomic E-state index is 0.269. The van der Waals surface area contributed by atoms with E-state index in [2.05, 4.69) is 25.3 Å². The summed E-state index contributed by atoms with van der Waals surface area (Å²) in [6, 6.07) is 8.05. The molecule has 4 rings (SSSR count). The lowest BCUT2D eigenvalue weighted by molar-refractivity contribution is 0.0946. The van der Waals surface area contributed by atoms with E-state index in [9.17, 15) is 4.79 Å². The van der Waals surface area contributed by atoms with Gasteiger partial charge in [0.15, 0.2) is 5.65 Å². The first-order chi connectivity index (χ1) is 12.7. The molecule has 1 amide bonds. The molecule has 0 fully saturated rings. The van der Waals surface area contributed by atoms with E-state index in [-0.39, 0.29) is 5.91 Å². The van der Waals surface area contributed by atoms with Gasteiger partial charge in [-0.3, -0.25) is 19.7 Å². The molecule has 1 N–H and O–H groups in total. The topological polar surface area (TPSA) is 85.1 Å². The number of amides is 1. The van der Waals surface area contributed by atoms with E-state index in [0.717, 1.165) is 11.3 Å². The molecule has 0 aliphatic rings. The van der Waals surface area contributed by atoms with Crippen molar-refractivity contribution in [2.75, 3.05) is 0 Å². The van der Waals surface area contributed by atoms with Crippen molar-refractivity contribution in [1.29, 1.82) is 0 Å². The number of imidazole rings is 1. The van der Waals surface area contributed by atoms with Crippen LogP contribution in [0.25, 0.3) is 16.9 Å². The zero-order chi connectivity index (χ0) is 17.9. The van der Waals surface area contributed by atoms with Crippen molar-refractivity contribution in [2.24, 2.45) is 0 Å². The van der Waals surface area contributed by atoms with Gasteiger partial charge in [-0.1, -0.05) is 29.8 Å². The van der Waals surface area contributed by atoms with Crippen molar-refractivity contribution in [2.45, 2.75) is 13.5 Å². The van der Waals surface area contributed by atoms with Crippen LogP contribution in [0, 0.1) is 6.92 Å². The molecule has 0 aliphatic carbocycles. The number of rotatable bonds is 4. The molecule has 4 aromatic rings. The van der Waals surface area contributed by atoms with Crippen LogP contribution in [-0.2, 0) is 6.54 Å². The lowest BCUT2D eigenvalue weighted by atomic mass is 10.1. The molecule has 0 atom stereocenters. The van der Waals surface area contributed by atoms with E-state index >= 15 is 0 Å². The number of fused-ring (bicyclic) bond motifs is 1. The third kappa shape index (κ3) is 3.14. The first-order valence-electron chi connectivity index (χ1n) is 8.14. The minimum atomic E-state index is -0.269. The van der Waals surface area contributed by atoms with E-state index in [1.165, 1.54) is 5.56 Å². The second-order valence-corrected chi connectivity index (χ2v) is 5.88. The van der Waals surface area contributed by atoms with E-state index in [1.807, 2.05) is 31.2 Å². The Labute approximate surface area is 149 Å². The van der Waals surface area contributed by atoms with Gasteiger partial charge in [-0.15, -0.1) is 0 Å². The van der Waals surface area contributed by atoms with Crippen LogP contribution in [0.15, 0.2) is 61.4 Å². The van der Waals surface area contributed by atoms with Gasteiger partial charge in [0.25, 0.3) is 5.91 Å². The summed E-state index contributed by atoms with van der Waals surface area (Å²) in [7, 11) is 0. The van der Waals surface area contributed by atoms with Crippen molar-refractivity contribution in [3.05, 3.63) is 78.4 Å². The van der Waals surface area contributed by atoms with Gasteiger partial charge in [-0.2, -0.15) is 0 Å². The van der Waals surface area contributed by atoms with Crippen molar-refractivity contribution in [3.8, 4) is 11.3 Å². The Hall–Kier alpha value is -3.61. The highest BCUT2D eigenvalue weighted by Gasteiger charge is 2.14. The van der Waals surface area contributed by atoms with Gasteiger partial charge in [0, 0.05) is 36.5 Å². The summed E-state index contributed by atoms with van der Waals surface area (Å²) in [6.45, 7) is 2.33. The molecule has 7 nitrogen and oxygen atoms in total. The number of hydrogen-bond acceptors (Lipinski definition) is 5. The summed E-state index contributed by atoms with van der Waals surface area (Å²) in [5.74, 6) is -0.269. The summed E-state index contributed by atoms with van der Waals surface area (Å²) in [6.07, 6.45) is 9.97. The maximum Gasteiger partial charge on any atom is 0.271 e. The van der Waals surface area contributed by atoms with E-state index in [0.29, 0.717) is 23.6 Å². The van der Waals surface area contributed by atoms with Crippen LogP contribution < -0.4 is 5.32 Å². The molecule has 0 aliphatic heterocycles. The lowest BCUT2D eigenvalue weighted by Crippen LogP contribution is -2.23. The summed E-state index contributed by atoms with van der Waals surface area (Å²) < 4.78 is 1.80. The molecule has 0 saturated carbocycles. The Morgan fingerprint density at radius 1 is 1.12 bits per heavy atom. The van der Waals surface area contributed by atoms with Gasteiger partial charge in [-0.05, 0) is 6.92 Å². The van der Waals surface area contributed by atoms with E-state index in [1.54, 1.807) is 41.6 Å². The molecule has 128 valence electrons. The number of nitrogens with one attached hydrogen (secondary N) is 1. The number of carbonyl (C=O) groups excluding carboxylic acids is 1. The highest BCUT2D eigenvalue weighted by Crippen LogP contribution is 2.22. The lowest BCUT2D eigenvalue weighted by Gasteiger charge is -2.03. The van der Waals surface area contributed by atoms with Gasteiger partial charge in [0.2, 0.25) is 0 Å². The second-order valence-electron chi connectivity index (χ2n) is 5.88. The molecular weight excluding hydrogens is 328 g/mol. The molecule has 0 saturated heterocycles. The molecule has 0 unspecified atom stereocenters. The molecule has 7 heteroatoms. The monoisotopic (exact) mass is 344 g/mol. The largest absolute Gasteiger partial charge is 0.345 e. The van der Waals surface area contributed by atoms with Gasteiger partial charge in [-0.25, -0.2) is 4.98 Å². The number of aryl methyl sites for hydroxylation is 1. The second kappa shape index (κ2) is 6.72. The average molecular weight is 344 g/mol. The number of carbonyl (C=O) groups is 1. The van der Waals surface area contributed by atoms with Crippen LogP contribution in [0.5, 0.6) is 0 Å². The summed E-state index contributed by atoms with van der Waals surface area (Å²) in [4.78, 5) is 29.5. The first kappa shape index (κ1) is 15.9. The fourth-order valence-corrected chi connectivity index (χ4v) is 2.63. The molecule has 1 aromatic carbocycles. The van der Waals surface area contributed by atoms with Gasteiger partial charge in [0.05, 0.1) is 18.4 Å². The van der Waals surface area contributed by atoms with Crippen LogP contribution >= 0.6 is 0 Å². The first-order valence-corrected chi connectivity index (χ1v) is 8.14. The Morgan fingerprint density at radius 2 is 1.96 bits per heavy atom. The SMILES string of the molecule is Cc1ccc(-c2nccn3cc(C(=O)NCc4cnccn4)nc23)cc1. The zero-order valence-corrected chi connectivity index (χ0v) is 14.1. The fourth-order valence-electron chi connectivity index (χ4n) is 2.63. The smallest absolute Gasteiger partial charge is 0.271 e. The number of benzene rings is 1. The van der Waals surface area contributed by atoms with Gasteiger partial charge >= 0.3 is 0 Å². The van der Waals surface area contributed by atoms with Crippen molar-refractivity contribution in [1.82, 2.24) is 29.7 Å². The normalized spacial score (nSPS) is 10.8. The minimum Gasteiger partial charge on any atom is -0.345 e. The van der Waals surface area contributed by atoms with Crippen molar-refractivity contribution < 1.29 is 4.79 Å². The molecule has 0 bridgehead atoms. The molecule has 0 spiro atoms. The van der Waals surface area contributed by atoms with E-state index < -0.39 is 0 Å². The summed E-state index contributed by atoms with van der Waals surface area (Å²) in [5, 5.41) is 2.81. The Kier molecular flexibility index (Phi) is 4.10. The molecule has 3 heterocycles. The van der Waals surface area contributed by atoms with Gasteiger partial charge in [0.1, 0.15) is 11.4 Å². The van der Waals surface area contributed by atoms with Crippen LogP contribution in [0.2, 0.25) is 0 Å². The highest BCUT2D eigenvalue weighted by atomic mass is 16.1. The Bertz CT molecular complexity index is 1060. The number of nitrogens with zero attached hydrogens (tertiary/aromatic N) is 5. The Morgan fingerprint density at radius 3 is 2.73 bits per heavy atom. The predicted octanol–water partition coefficient (Wildman–Crippen LogP) is 2.42. The third-order valence-electron chi connectivity index (χ3n) is 3.98. The molecular formula is C19H16N6O. The predicted molar refractivity (Wildman–Crippen MR) is 96.4 cm³/mol. The summed E-state index contributed by atoms with van der Waals surface area (Å²) in [5.41, 5.74) is 4.52. The molecule has 26 heavy (non-hydrogen) atoms. The quantitative estimate of drug-likeness (QED) is 0.614. The van der Waals surface area contributed by atoms with Crippen molar-refractivity contribution >= 4 is 11.6 Å². The number of aromatic nitrogens is 5. The van der Waals surface area contributed by atoms with Crippen molar-refractivity contribution in [3.63, 3.8) is 0 Å². The van der Waals surface area contributed by atoms with Crippen LogP contribution in [0.1, 0.15) is 21.7 Å². The fraction of sp³-hybridized carbons (Fsp3) is 0.105. The third-order valence-corrected chi connectivity index (χ3v) is 3.98.